The van der Waals surface area contributed by atoms with Crippen molar-refractivity contribution in [2.24, 2.45) is 0 Å². The summed E-state index contributed by atoms with van der Waals surface area (Å²) in [6.07, 6.45) is 1.68. The van der Waals surface area contributed by atoms with Crippen molar-refractivity contribution < 1.29 is 4.79 Å². The molecule has 3 aromatic carbocycles. The van der Waals surface area contributed by atoms with Gasteiger partial charge in [0, 0.05) is 17.5 Å². The second-order valence-corrected chi connectivity index (χ2v) is 7.93. The van der Waals surface area contributed by atoms with Gasteiger partial charge in [-0.2, -0.15) is 5.21 Å². The summed E-state index contributed by atoms with van der Waals surface area (Å²) in [4.78, 5) is 17.4. The molecule has 0 radical (unpaired) electrons. The topological polar surface area (TPSA) is 102 Å². The summed E-state index contributed by atoms with van der Waals surface area (Å²) in [5.41, 5.74) is 4.65. The Balaban J connectivity index is 1.41. The van der Waals surface area contributed by atoms with Crippen molar-refractivity contribution >= 4 is 5.78 Å². The van der Waals surface area contributed by atoms with Crippen LogP contribution in [0, 0.1) is 0 Å². The number of tetrazole rings is 1. The number of benzene rings is 3. The molecule has 1 N–H and O–H groups in total. The first-order chi connectivity index (χ1) is 16.7. The zero-order valence-electron chi connectivity index (χ0n) is 18.7. The summed E-state index contributed by atoms with van der Waals surface area (Å²) in [5.74, 6) is 1.45. The van der Waals surface area contributed by atoms with Crippen molar-refractivity contribution in [2.45, 2.75) is 26.3 Å². The molecule has 0 saturated heterocycles. The van der Waals surface area contributed by atoms with Gasteiger partial charge < -0.3 is 0 Å². The van der Waals surface area contributed by atoms with Gasteiger partial charge >= 0.3 is 0 Å². The third kappa shape index (κ3) is 4.38. The molecule has 0 unspecified atom stereocenters. The lowest BCUT2D eigenvalue weighted by Crippen LogP contribution is -2.08. The standard InChI is InChI=1S/C26H23N7O/c1-2-8-23-27-26(24(34)20-9-4-3-5-10-20)30-33(23)17-18-13-15-19(16-14-18)21-11-6-7-12-22(21)25-28-31-32-29-25/h3-7,9-16H,2,8,17H2,1H3,(H,28,29,31,32). The number of aromatic amines is 1. The van der Waals surface area contributed by atoms with Crippen molar-refractivity contribution in [3.05, 3.63) is 102 Å². The van der Waals surface area contributed by atoms with E-state index in [9.17, 15) is 4.79 Å². The summed E-state index contributed by atoms with van der Waals surface area (Å²) in [5, 5.41) is 19.0. The van der Waals surface area contributed by atoms with E-state index in [1.165, 1.54) is 0 Å². The van der Waals surface area contributed by atoms with Crippen LogP contribution in [0.3, 0.4) is 0 Å². The second-order valence-electron chi connectivity index (χ2n) is 7.93. The van der Waals surface area contributed by atoms with Crippen LogP contribution in [0.4, 0.5) is 0 Å². The van der Waals surface area contributed by atoms with E-state index in [1.54, 1.807) is 12.1 Å². The highest BCUT2D eigenvalue weighted by molar-refractivity contribution is 6.06. The van der Waals surface area contributed by atoms with E-state index in [0.717, 1.165) is 40.9 Å². The van der Waals surface area contributed by atoms with Crippen molar-refractivity contribution in [1.82, 2.24) is 35.4 Å². The van der Waals surface area contributed by atoms with Crippen LogP contribution < -0.4 is 0 Å². The fourth-order valence-corrected chi connectivity index (χ4v) is 3.89. The molecule has 0 aliphatic carbocycles. The largest absolute Gasteiger partial charge is 0.285 e. The van der Waals surface area contributed by atoms with Gasteiger partial charge in [-0.05, 0) is 28.3 Å². The summed E-state index contributed by atoms with van der Waals surface area (Å²) in [7, 11) is 0. The molecule has 0 bridgehead atoms. The van der Waals surface area contributed by atoms with Crippen LogP contribution in [0.2, 0.25) is 0 Å². The van der Waals surface area contributed by atoms with Gasteiger partial charge in [-0.25, -0.2) is 9.67 Å². The van der Waals surface area contributed by atoms with E-state index < -0.39 is 0 Å². The fraction of sp³-hybridized carbons (Fsp3) is 0.154. The summed E-state index contributed by atoms with van der Waals surface area (Å²) >= 11 is 0. The lowest BCUT2D eigenvalue weighted by Gasteiger charge is -2.09. The molecule has 168 valence electrons. The van der Waals surface area contributed by atoms with Crippen LogP contribution >= 0.6 is 0 Å². The van der Waals surface area contributed by atoms with Gasteiger partial charge in [-0.3, -0.25) is 4.79 Å². The molecule has 5 aromatic rings. The molecule has 0 spiro atoms. The molecule has 2 aromatic heterocycles. The number of hydrogen-bond donors (Lipinski definition) is 1. The van der Waals surface area contributed by atoms with E-state index in [1.807, 2.05) is 47.1 Å². The van der Waals surface area contributed by atoms with E-state index in [-0.39, 0.29) is 11.6 Å². The minimum Gasteiger partial charge on any atom is -0.285 e. The number of nitrogens with zero attached hydrogens (tertiary/aromatic N) is 6. The Labute approximate surface area is 196 Å². The summed E-state index contributed by atoms with van der Waals surface area (Å²) < 4.78 is 1.84. The van der Waals surface area contributed by atoms with E-state index in [2.05, 4.69) is 61.9 Å². The Morgan fingerprint density at radius 2 is 1.65 bits per heavy atom. The molecule has 0 fully saturated rings. The molecule has 34 heavy (non-hydrogen) atoms. The number of aryl methyl sites for hydroxylation is 1. The highest BCUT2D eigenvalue weighted by atomic mass is 16.1. The van der Waals surface area contributed by atoms with Crippen LogP contribution in [-0.4, -0.2) is 41.2 Å². The van der Waals surface area contributed by atoms with Gasteiger partial charge in [-0.1, -0.05) is 85.8 Å². The minimum absolute atomic E-state index is 0.162. The second kappa shape index (κ2) is 9.58. The highest BCUT2D eigenvalue weighted by Crippen LogP contribution is 2.29. The zero-order chi connectivity index (χ0) is 23.3. The van der Waals surface area contributed by atoms with Crippen molar-refractivity contribution in [3.63, 3.8) is 0 Å². The Morgan fingerprint density at radius 3 is 2.35 bits per heavy atom. The van der Waals surface area contributed by atoms with Crippen LogP contribution in [0.5, 0.6) is 0 Å². The van der Waals surface area contributed by atoms with E-state index >= 15 is 0 Å². The van der Waals surface area contributed by atoms with Crippen molar-refractivity contribution in [2.75, 3.05) is 0 Å². The van der Waals surface area contributed by atoms with E-state index in [0.29, 0.717) is 17.9 Å². The molecular weight excluding hydrogens is 426 g/mol. The molecule has 0 aliphatic rings. The average Bonchev–Trinajstić information content (AvgIpc) is 3.56. The first kappa shape index (κ1) is 21.4. The quantitative estimate of drug-likeness (QED) is 0.353. The molecule has 8 heteroatoms. The summed E-state index contributed by atoms with van der Waals surface area (Å²) in [6.45, 7) is 2.63. The maximum atomic E-state index is 12.8. The molecule has 0 saturated carbocycles. The number of H-pyrrole nitrogens is 1. The van der Waals surface area contributed by atoms with Crippen LogP contribution in [0.25, 0.3) is 22.5 Å². The number of hydrogen-bond acceptors (Lipinski definition) is 6. The number of carbonyl (C=O) groups is 1. The summed E-state index contributed by atoms with van der Waals surface area (Å²) in [6, 6.07) is 25.4. The highest BCUT2D eigenvalue weighted by Gasteiger charge is 2.18. The van der Waals surface area contributed by atoms with Gasteiger partial charge in [-0.15, -0.1) is 15.3 Å². The third-order valence-electron chi connectivity index (χ3n) is 5.57. The van der Waals surface area contributed by atoms with Gasteiger partial charge in [0.15, 0.2) is 0 Å². The Morgan fingerprint density at radius 1 is 0.912 bits per heavy atom. The normalized spacial score (nSPS) is 11.0. The molecule has 0 amide bonds. The number of nitrogens with one attached hydrogen (secondary N) is 1. The van der Waals surface area contributed by atoms with Gasteiger partial charge in [0.2, 0.25) is 17.4 Å². The molecule has 8 nitrogen and oxygen atoms in total. The molecule has 0 aliphatic heterocycles. The number of carbonyl (C=O) groups excluding carboxylic acids is 1. The number of aromatic nitrogens is 7. The van der Waals surface area contributed by atoms with E-state index in [4.69, 9.17) is 0 Å². The lowest BCUT2D eigenvalue weighted by molar-refractivity contribution is 0.102. The lowest BCUT2D eigenvalue weighted by atomic mass is 9.98. The molecule has 5 rings (SSSR count). The predicted molar refractivity (Wildman–Crippen MR) is 128 cm³/mol. The predicted octanol–water partition coefficient (Wildman–Crippen LogP) is 4.36. The molecular formula is C26H23N7O. The Kier molecular flexibility index (Phi) is 6.03. The van der Waals surface area contributed by atoms with Crippen LogP contribution in [0.15, 0.2) is 78.9 Å². The Hall–Kier alpha value is -4.46. The first-order valence-corrected chi connectivity index (χ1v) is 11.2. The van der Waals surface area contributed by atoms with Crippen LogP contribution in [-0.2, 0) is 13.0 Å². The third-order valence-corrected chi connectivity index (χ3v) is 5.57. The van der Waals surface area contributed by atoms with Gasteiger partial charge in [0.25, 0.3) is 0 Å². The maximum Gasteiger partial charge on any atom is 0.232 e. The monoisotopic (exact) mass is 449 g/mol. The average molecular weight is 450 g/mol. The maximum absolute atomic E-state index is 12.8. The van der Waals surface area contributed by atoms with Crippen molar-refractivity contribution in [3.8, 4) is 22.5 Å². The number of ketones is 1. The SMILES string of the molecule is CCCc1nc(C(=O)c2ccccc2)nn1Cc1ccc(-c2ccccc2-c2nn[nH]n2)cc1. The van der Waals surface area contributed by atoms with Gasteiger partial charge in [0.05, 0.1) is 6.54 Å². The minimum atomic E-state index is -0.162. The zero-order valence-corrected chi connectivity index (χ0v) is 18.7. The van der Waals surface area contributed by atoms with Crippen LogP contribution in [0.1, 0.15) is 40.9 Å². The Bertz CT molecular complexity index is 1390. The fourth-order valence-electron chi connectivity index (χ4n) is 3.89. The molecule has 0 atom stereocenters. The van der Waals surface area contributed by atoms with Gasteiger partial charge in [0.1, 0.15) is 5.82 Å². The van der Waals surface area contributed by atoms with Crippen molar-refractivity contribution in [1.29, 1.82) is 0 Å². The number of rotatable bonds is 8. The molecule has 2 heterocycles. The first-order valence-electron chi connectivity index (χ1n) is 11.2. The smallest absolute Gasteiger partial charge is 0.232 e.